The molecule has 2 aromatic rings. The van der Waals surface area contributed by atoms with Crippen molar-refractivity contribution >= 4 is 11.9 Å². The van der Waals surface area contributed by atoms with E-state index in [1.165, 1.54) is 12.1 Å². The van der Waals surface area contributed by atoms with Crippen LogP contribution in [0, 0.1) is 0 Å². The van der Waals surface area contributed by atoms with E-state index in [0.717, 1.165) is 12.4 Å². The van der Waals surface area contributed by atoms with Crippen LogP contribution in [0.3, 0.4) is 0 Å². The second-order valence-electron chi connectivity index (χ2n) is 8.08. The summed E-state index contributed by atoms with van der Waals surface area (Å²) in [6, 6.07) is -0.825. The SMILES string of the molecule is NC(CC(O)c1ccc(O)cn1)C(=O)NC(C(=O)O)C1OC(n2cc(CO)c(=O)[nH]c2=O)C(O)C1O. The summed E-state index contributed by atoms with van der Waals surface area (Å²) in [7, 11) is 0. The van der Waals surface area contributed by atoms with Gasteiger partial charge in [0.15, 0.2) is 12.3 Å². The van der Waals surface area contributed by atoms with Gasteiger partial charge in [-0.3, -0.25) is 24.1 Å². The van der Waals surface area contributed by atoms with E-state index in [4.69, 9.17) is 10.5 Å². The second kappa shape index (κ2) is 10.9. The molecule has 0 saturated carbocycles. The van der Waals surface area contributed by atoms with Crippen LogP contribution in [0.25, 0.3) is 0 Å². The number of hydrogen-bond donors (Lipinski definition) is 9. The number of H-pyrrole nitrogens is 1. The third-order valence-electron chi connectivity index (χ3n) is 5.58. The zero-order chi connectivity index (χ0) is 26.7. The molecule has 0 spiro atoms. The summed E-state index contributed by atoms with van der Waals surface area (Å²) in [4.78, 5) is 53.9. The first kappa shape index (κ1) is 26.9. The van der Waals surface area contributed by atoms with Crippen LogP contribution in [-0.4, -0.2) is 87.4 Å². The van der Waals surface area contributed by atoms with Gasteiger partial charge in [0.05, 0.1) is 36.2 Å². The van der Waals surface area contributed by atoms with Crippen LogP contribution in [0.5, 0.6) is 5.75 Å². The first-order valence-electron chi connectivity index (χ1n) is 10.5. The highest BCUT2D eigenvalue weighted by molar-refractivity contribution is 5.87. The third kappa shape index (κ3) is 5.59. The number of carbonyl (C=O) groups excluding carboxylic acids is 1. The predicted octanol–water partition coefficient (Wildman–Crippen LogP) is -4.23. The van der Waals surface area contributed by atoms with Gasteiger partial charge in [-0.05, 0) is 12.1 Å². The smallest absolute Gasteiger partial charge is 0.330 e. The maximum Gasteiger partial charge on any atom is 0.330 e. The number of carbonyl (C=O) groups is 2. The van der Waals surface area contributed by atoms with Gasteiger partial charge in [-0.15, -0.1) is 0 Å². The quantitative estimate of drug-likeness (QED) is 0.155. The van der Waals surface area contributed by atoms with Crippen molar-refractivity contribution in [3.63, 3.8) is 0 Å². The van der Waals surface area contributed by atoms with Crippen molar-refractivity contribution in [1.29, 1.82) is 0 Å². The normalized spacial score (nSPS) is 24.1. The molecule has 7 unspecified atom stereocenters. The number of aliphatic carboxylic acids is 1. The second-order valence-corrected chi connectivity index (χ2v) is 8.08. The third-order valence-corrected chi connectivity index (χ3v) is 5.58. The lowest BCUT2D eigenvalue weighted by Gasteiger charge is -2.25. The van der Waals surface area contributed by atoms with Crippen LogP contribution in [0.1, 0.15) is 30.0 Å². The number of aliphatic hydroxyl groups excluding tert-OH is 4. The summed E-state index contributed by atoms with van der Waals surface area (Å²) in [5, 5.41) is 61.3. The largest absolute Gasteiger partial charge is 0.506 e. The van der Waals surface area contributed by atoms with Crippen molar-refractivity contribution in [2.45, 2.75) is 55.8 Å². The van der Waals surface area contributed by atoms with E-state index in [0.29, 0.717) is 4.57 Å². The number of rotatable bonds is 9. The molecule has 2 aromatic heterocycles. The number of aromatic amines is 1. The van der Waals surface area contributed by atoms with Gasteiger partial charge in [0.25, 0.3) is 5.56 Å². The maximum atomic E-state index is 12.6. The van der Waals surface area contributed by atoms with E-state index in [-0.39, 0.29) is 23.4 Å². The number of carboxylic acids is 1. The number of aromatic nitrogens is 3. The van der Waals surface area contributed by atoms with Crippen molar-refractivity contribution in [1.82, 2.24) is 19.9 Å². The van der Waals surface area contributed by atoms with Gasteiger partial charge >= 0.3 is 11.7 Å². The molecule has 7 atom stereocenters. The number of nitrogens with one attached hydrogen (secondary N) is 2. The number of aliphatic hydroxyl groups is 4. The fourth-order valence-corrected chi connectivity index (χ4v) is 3.63. The Morgan fingerprint density at radius 3 is 2.53 bits per heavy atom. The van der Waals surface area contributed by atoms with Gasteiger partial charge in [0.1, 0.15) is 24.1 Å². The Morgan fingerprint density at radius 2 is 1.94 bits per heavy atom. The van der Waals surface area contributed by atoms with E-state index in [2.05, 4.69) is 10.3 Å². The lowest BCUT2D eigenvalue weighted by atomic mass is 10.0. The minimum absolute atomic E-state index is 0.0972. The van der Waals surface area contributed by atoms with Crippen molar-refractivity contribution in [2.24, 2.45) is 5.73 Å². The summed E-state index contributed by atoms with van der Waals surface area (Å²) in [6.07, 6.45) is -6.97. The number of nitrogens with zero attached hydrogens (tertiary/aromatic N) is 2. The molecule has 196 valence electrons. The van der Waals surface area contributed by atoms with E-state index in [1.807, 2.05) is 4.98 Å². The van der Waals surface area contributed by atoms with Gasteiger partial charge in [-0.2, -0.15) is 0 Å². The fourth-order valence-electron chi connectivity index (χ4n) is 3.63. The first-order valence-corrected chi connectivity index (χ1v) is 10.5. The molecule has 16 nitrogen and oxygen atoms in total. The summed E-state index contributed by atoms with van der Waals surface area (Å²) in [6.45, 7) is -0.762. The molecule has 1 aliphatic rings. The lowest BCUT2D eigenvalue weighted by Crippen LogP contribution is -2.56. The molecular weight excluding hydrogens is 486 g/mol. The predicted molar refractivity (Wildman–Crippen MR) is 116 cm³/mol. The van der Waals surface area contributed by atoms with Gasteiger partial charge < -0.3 is 46.4 Å². The molecule has 1 amide bonds. The molecular formula is C20H25N5O11. The van der Waals surface area contributed by atoms with Gasteiger partial charge in [-0.25, -0.2) is 9.59 Å². The highest BCUT2D eigenvalue weighted by Crippen LogP contribution is 2.30. The van der Waals surface area contributed by atoms with Crippen LogP contribution in [0.4, 0.5) is 0 Å². The van der Waals surface area contributed by atoms with Crippen LogP contribution in [0.2, 0.25) is 0 Å². The number of amides is 1. The Bertz CT molecular complexity index is 1210. The summed E-state index contributed by atoms with van der Waals surface area (Å²) < 4.78 is 6.06. The monoisotopic (exact) mass is 511 g/mol. The number of aromatic hydroxyl groups is 1. The van der Waals surface area contributed by atoms with Crippen molar-refractivity contribution in [3.05, 3.63) is 56.6 Å². The van der Waals surface area contributed by atoms with Gasteiger partial charge in [-0.1, -0.05) is 0 Å². The summed E-state index contributed by atoms with van der Waals surface area (Å²) >= 11 is 0. The Labute approximate surface area is 201 Å². The molecule has 3 heterocycles. The number of ether oxygens (including phenoxy) is 1. The highest BCUT2D eigenvalue weighted by atomic mass is 16.6. The van der Waals surface area contributed by atoms with Gasteiger partial charge in [0, 0.05) is 12.6 Å². The Hall–Kier alpha value is -3.67. The van der Waals surface area contributed by atoms with Crippen LogP contribution in [0.15, 0.2) is 34.1 Å². The van der Waals surface area contributed by atoms with Crippen molar-refractivity contribution < 1.29 is 45.0 Å². The van der Waals surface area contributed by atoms with E-state index < -0.39 is 72.5 Å². The minimum atomic E-state index is -1.95. The number of hydrogen-bond acceptors (Lipinski definition) is 12. The molecule has 3 rings (SSSR count). The van der Waals surface area contributed by atoms with E-state index in [9.17, 15) is 49.8 Å². The molecule has 1 saturated heterocycles. The van der Waals surface area contributed by atoms with Crippen LogP contribution < -0.4 is 22.3 Å². The molecule has 0 bridgehead atoms. The number of pyridine rings is 1. The molecule has 1 aliphatic heterocycles. The lowest BCUT2D eigenvalue weighted by molar-refractivity contribution is -0.149. The Balaban J connectivity index is 1.75. The summed E-state index contributed by atoms with van der Waals surface area (Å²) in [5.74, 6) is -2.86. The summed E-state index contributed by atoms with van der Waals surface area (Å²) in [5.41, 5.74) is 3.66. The zero-order valence-corrected chi connectivity index (χ0v) is 18.5. The first-order chi connectivity index (χ1) is 16.9. The molecule has 1 fully saturated rings. The molecule has 36 heavy (non-hydrogen) atoms. The molecule has 16 heteroatoms. The molecule has 0 aromatic carbocycles. The molecule has 10 N–H and O–H groups in total. The Morgan fingerprint density at radius 1 is 1.25 bits per heavy atom. The van der Waals surface area contributed by atoms with Crippen LogP contribution in [-0.2, 0) is 20.9 Å². The van der Waals surface area contributed by atoms with E-state index in [1.54, 1.807) is 0 Å². The van der Waals surface area contributed by atoms with Crippen LogP contribution >= 0.6 is 0 Å². The highest BCUT2D eigenvalue weighted by Gasteiger charge is 2.50. The average molecular weight is 511 g/mol. The zero-order valence-electron chi connectivity index (χ0n) is 18.5. The minimum Gasteiger partial charge on any atom is -0.506 e. The Kier molecular flexibility index (Phi) is 8.18. The van der Waals surface area contributed by atoms with Crippen molar-refractivity contribution in [3.8, 4) is 5.75 Å². The molecule has 0 aliphatic carbocycles. The standard InChI is InChI=1S/C20H25N5O11/c21-9(3-11(28)10-2-1-8(27)4-22-10)17(32)23-12(19(33)34)15-13(29)14(30)18(36-15)25-5-7(6-26)16(31)24-20(25)35/h1-2,4-5,9,11-15,18,26-30H,3,6,21H2,(H,23,32)(H,33,34)(H,24,31,35). The van der Waals surface area contributed by atoms with E-state index >= 15 is 0 Å². The maximum absolute atomic E-state index is 12.6. The van der Waals surface area contributed by atoms with Crippen molar-refractivity contribution in [2.75, 3.05) is 0 Å². The molecule has 0 radical (unpaired) electrons. The topological polar surface area (TPSA) is 271 Å². The van der Waals surface area contributed by atoms with Gasteiger partial charge in [0.2, 0.25) is 5.91 Å². The number of nitrogens with two attached hydrogens (primary N) is 1. The fraction of sp³-hybridized carbons (Fsp3) is 0.450. The number of carboxylic acid groups (broad SMARTS) is 1. The average Bonchev–Trinajstić information content (AvgIpc) is 3.11.